The number of hydrogen-bond donors (Lipinski definition) is 2. The minimum Gasteiger partial charge on any atom is -0.461 e. The minimum atomic E-state index is 0.335. The van der Waals surface area contributed by atoms with Gasteiger partial charge in [0.1, 0.15) is 24.1 Å². The van der Waals surface area contributed by atoms with E-state index in [1.54, 1.807) is 12.3 Å². The molecule has 0 radical (unpaired) electrons. The Bertz CT molecular complexity index is 988. The number of piperazine rings is 1. The van der Waals surface area contributed by atoms with Crippen LogP contribution in [0.5, 0.6) is 6.01 Å². The monoisotopic (exact) mass is 409 g/mol. The summed E-state index contributed by atoms with van der Waals surface area (Å²) in [5.74, 6) is 3.00. The van der Waals surface area contributed by atoms with Gasteiger partial charge in [-0.1, -0.05) is 6.58 Å². The first kappa shape index (κ1) is 19.9. The number of nitrogens with one attached hydrogen (secondary N) is 2. The highest BCUT2D eigenvalue weighted by Crippen LogP contribution is 2.23. The molecule has 0 amide bonds. The van der Waals surface area contributed by atoms with Crippen molar-refractivity contribution >= 4 is 23.5 Å². The Labute approximate surface area is 175 Å². The van der Waals surface area contributed by atoms with Crippen LogP contribution in [0.2, 0.25) is 0 Å². The van der Waals surface area contributed by atoms with Gasteiger partial charge in [0.15, 0.2) is 5.82 Å². The average molecular weight is 409 g/mol. The van der Waals surface area contributed by atoms with E-state index < -0.39 is 0 Å². The van der Waals surface area contributed by atoms with Gasteiger partial charge in [0.2, 0.25) is 0 Å². The molecule has 0 bridgehead atoms. The van der Waals surface area contributed by atoms with E-state index in [9.17, 15) is 0 Å². The van der Waals surface area contributed by atoms with E-state index in [1.807, 2.05) is 29.8 Å². The Morgan fingerprint density at radius 1 is 1.20 bits per heavy atom. The molecule has 3 aromatic rings. The number of hydrogen-bond acceptors (Lipinski definition) is 8. The van der Waals surface area contributed by atoms with Gasteiger partial charge >= 0.3 is 6.01 Å². The molecule has 1 aliphatic heterocycles. The lowest BCUT2D eigenvalue weighted by atomic mass is 10.3. The highest BCUT2D eigenvalue weighted by Gasteiger charge is 2.18. The van der Waals surface area contributed by atoms with Crippen molar-refractivity contribution in [2.24, 2.45) is 0 Å². The largest absolute Gasteiger partial charge is 0.461 e. The van der Waals surface area contributed by atoms with Crippen LogP contribution < -0.4 is 15.0 Å². The summed E-state index contributed by atoms with van der Waals surface area (Å²) in [6, 6.07) is 4.20. The van der Waals surface area contributed by atoms with Crippen LogP contribution in [0.15, 0.2) is 31.1 Å². The molecule has 10 nitrogen and oxygen atoms in total. The van der Waals surface area contributed by atoms with Crippen molar-refractivity contribution < 1.29 is 4.74 Å². The number of nitrogens with zero attached hydrogens (tertiary/aromatic N) is 7. The van der Waals surface area contributed by atoms with Crippen LogP contribution in [0.3, 0.4) is 0 Å². The van der Waals surface area contributed by atoms with Crippen molar-refractivity contribution in [2.75, 3.05) is 50.1 Å². The van der Waals surface area contributed by atoms with E-state index in [2.05, 4.69) is 53.9 Å². The summed E-state index contributed by atoms with van der Waals surface area (Å²) in [6.07, 6.45) is 5.36. The van der Waals surface area contributed by atoms with Crippen LogP contribution >= 0.6 is 0 Å². The van der Waals surface area contributed by atoms with Crippen molar-refractivity contribution in [1.82, 2.24) is 34.6 Å². The third-order valence-electron chi connectivity index (χ3n) is 4.98. The Kier molecular flexibility index (Phi) is 5.94. The van der Waals surface area contributed by atoms with Crippen molar-refractivity contribution in [3.63, 3.8) is 0 Å². The van der Waals surface area contributed by atoms with E-state index in [1.165, 1.54) is 0 Å². The molecule has 0 atom stereocenters. The van der Waals surface area contributed by atoms with Gasteiger partial charge in [-0.15, -0.1) is 0 Å². The van der Waals surface area contributed by atoms with Gasteiger partial charge in [-0.25, -0.2) is 4.98 Å². The van der Waals surface area contributed by atoms with Crippen LogP contribution in [0, 0.1) is 6.92 Å². The summed E-state index contributed by atoms with van der Waals surface area (Å²) >= 11 is 0. The highest BCUT2D eigenvalue weighted by atomic mass is 16.5. The van der Waals surface area contributed by atoms with E-state index in [-0.39, 0.29) is 0 Å². The van der Waals surface area contributed by atoms with Crippen LogP contribution in [-0.4, -0.2) is 74.4 Å². The zero-order valence-electron chi connectivity index (χ0n) is 17.4. The summed E-state index contributed by atoms with van der Waals surface area (Å²) in [5.41, 5.74) is 0.973. The molecule has 3 aromatic heterocycles. The van der Waals surface area contributed by atoms with Crippen LogP contribution in [-0.2, 0) is 6.54 Å². The summed E-state index contributed by atoms with van der Waals surface area (Å²) in [7, 11) is 2.13. The fraction of sp³-hybridized carbons (Fsp3) is 0.400. The van der Waals surface area contributed by atoms with Crippen molar-refractivity contribution in [3.05, 3.63) is 42.6 Å². The maximum absolute atomic E-state index is 5.90. The maximum atomic E-state index is 5.90. The average Bonchev–Trinajstić information content (AvgIpc) is 3.36. The lowest BCUT2D eigenvalue weighted by Crippen LogP contribution is -2.44. The number of aromatic nitrogens is 6. The van der Waals surface area contributed by atoms with Crippen LogP contribution in [0.25, 0.3) is 6.08 Å². The Balaban J connectivity index is 1.50. The summed E-state index contributed by atoms with van der Waals surface area (Å²) in [6.45, 7) is 10.6. The minimum absolute atomic E-state index is 0.335. The van der Waals surface area contributed by atoms with Gasteiger partial charge in [-0.3, -0.25) is 5.10 Å². The standard InChI is InChI=1S/C20H27N9O/c1-4-18-21-5-6-28(18)11-12-30-20-23-16(22-17-13-15(2)25-26-17)14-19(24-20)29-9-7-27(3)8-10-29/h4-6,13-14H,1,7-12H2,2-3H3,(H2,22,23,24,25,26). The van der Waals surface area contributed by atoms with E-state index >= 15 is 0 Å². The Morgan fingerprint density at radius 3 is 2.77 bits per heavy atom. The molecule has 10 heteroatoms. The molecule has 158 valence electrons. The molecule has 0 spiro atoms. The summed E-state index contributed by atoms with van der Waals surface area (Å²) in [4.78, 5) is 18.0. The predicted molar refractivity (Wildman–Crippen MR) is 116 cm³/mol. The highest BCUT2D eigenvalue weighted by molar-refractivity contribution is 5.57. The fourth-order valence-electron chi connectivity index (χ4n) is 3.29. The number of H-pyrrole nitrogens is 1. The molecule has 0 unspecified atom stereocenters. The second-order valence-corrected chi connectivity index (χ2v) is 7.28. The number of aryl methyl sites for hydroxylation is 1. The third-order valence-corrected chi connectivity index (χ3v) is 4.98. The zero-order valence-corrected chi connectivity index (χ0v) is 17.4. The third kappa shape index (κ3) is 4.77. The number of anilines is 3. The topological polar surface area (TPSA) is 100 Å². The fourth-order valence-corrected chi connectivity index (χ4v) is 3.29. The molecule has 1 aliphatic rings. The predicted octanol–water partition coefficient (Wildman–Crippen LogP) is 1.92. The van der Waals surface area contributed by atoms with Gasteiger partial charge in [0, 0.05) is 56.4 Å². The SMILES string of the molecule is C=Cc1nccn1CCOc1nc(Nc2cc(C)[nH]n2)cc(N2CCN(C)CC2)n1. The smallest absolute Gasteiger partial charge is 0.320 e. The van der Waals surface area contributed by atoms with Gasteiger partial charge < -0.3 is 24.4 Å². The lowest BCUT2D eigenvalue weighted by Gasteiger charge is -2.33. The molecule has 4 rings (SSSR count). The summed E-state index contributed by atoms with van der Waals surface area (Å²) < 4.78 is 7.88. The molecule has 0 aliphatic carbocycles. The molecule has 0 saturated carbocycles. The molecule has 0 aromatic carbocycles. The second-order valence-electron chi connectivity index (χ2n) is 7.28. The number of imidazole rings is 1. The van der Waals surface area contributed by atoms with Gasteiger partial charge in [-0.2, -0.15) is 15.1 Å². The zero-order chi connectivity index (χ0) is 20.9. The van der Waals surface area contributed by atoms with Crippen molar-refractivity contribution in [1.29, 1.82) is 0 Å². The van der Waals surface area contributed by atoms with Gasteiger partial charge in [0.05, 0.1) is 6.54 Å². The number of rotatable bonds is 8. The van der Waals surface area contributed by atoms with E-state index in [0.717, 1.165) is 43.5 Å². The molecule has 1 fully saturated rings. The molecule has 30 heavy (non-hydrogen) atoms. The van der Waals surface area contributed by atoms with E-state index in [0.29, 0.717) is 30.8 Å². The summed E-state index contributed by atoms with van der Waals surface area (Å²) in [5, 5.41) is 10.4. The Morgan fingerprint density at radius 2 is 2.03 bits per heavy atom. The van der Waals surface area contributed by atoms with Crippen LogP contribution in [0.4, 0.5) is 17.5 Å². The van der Waals surface area contributed by atoms with Crippen molar-refractivity contribution in [3.8, 4) is 6.01 Å². The second kappa shape index (κ2) is 8.95. The molecular formula is C20H27N9O. The van der Waals surface area contributed by atoms with Crippen LogP contribution in [0.1, 0.15) is 11.5 Å². The van der Waals surface area contributed by atoms with E-state index in [4.69, 9.17) is 4.74 Å². The van der Waals surface area contributed by atoms with Gasteiger partial charge in [0.25, 0.3) is 0 Å². The molecule has 2 N–H and O–H groups in total. The normalized spacial score (nSPS) is 14.7. The first-order chi connectivity index (χ1) is 14.6. The molecular weight excluding hydrogens is 382 g/mol. The van der Waals surface area contributed by atoms with Gasteiger partial charge in [-0.05, 0) is 20.0 Å². The quantitative estimate of drug-likeness (QED) is 0.582. The number of ether oxygens (including phenoxy) is 1. The molecule has 1 saturated heterocycles. The Hall–Kier alpha value is -3.40. The van der Waals surface area contributed by atoms with Crippen molar-refractivity contribution in [2.45, 2.75) is 13.5 Å². The lowest BCUT2D eigenvalue weighted by molar-refractivity contribution is 0.274. The molecule has 4 heterocycles. The number of likely N-dealkylation sites (N-methyl/N-ethyl adjacent to an activating group) is 1. The number of aromatic amines is 1. The first-order valence-corrected chi connectivity index (χ1v) is 9.98. The maximum Gasteiger partial charge on any atom is 0.320 e. The first-order valence-electron chi connectivity index (χ1n) is 9.98.